The minimum absolute atomic E-state index is 0.0961. The van der Waals surface area contributed by atoms with E-state index in [1.807, 2.05) is 31.2 Å². The molecule has 0 unspecified atom stereocenters. The van der Waals surface area contributed by atoms with E-state index in [1.54, 1.807) is 12.1 Å². The molecule has 2 N–H and O–H groups in total. The van der Waals surface area contributed by atoms with Gasteiger partial charge in [-0.1, -0.05) is 57.5 Å². The van der Waals surface area contributed by atoms with Gasteiger partial charge in [-0.15, -0.1) is 0 Å². The van der Waals surface area contributed by atoms with Gasteiger partial charge in [-0.2, -0.15) is 9.40 Å². The first-order chi connectivity index (χ1) is 14.8. The number of aromatic nitrogens is 3. The molecule has 0 aliphatic rings. The number of nitrogens with zero attached hydrogens (tertiary/aromatic N) is 3. The molecule has 1 amide bonds. The van der Waals surface area contributed by atoms with Crippen LogP contribution in [-0.2, 0) is 21.4 Å². The maximum Gasteiger partial charge on any atom is 0.243 e. The van der Waals surface area contributed by atoms with Gasteiger partial charge in [0, 0.05) is 23.3 Å². The number of benzene rings is 2. The fraction of sp³-hybridized carbons (Fsp3) is 0.250. The monoisotopic (exact) mass is 523 g/mol. The summed E-state index contributed by atoms with van der Waals surface area (Å²) in [6.07, 6.45) is 1.41. The molecule has 1 aromatic heterocycles. The van der Waals surface area contributed by atoms with E-state index < -0.39 is 10.0 Å². The fourth-order valence-corrected chi connectivity index (χ4v) is 4.98. The molecule has 164 valence electrons. The lowest BCUT2D eigenvalue weighted by Gasteiger charge is -2.22. The smallest absolute Gasteiger partial charge is 0.243 e. The minimum Gasteiger partial charge on any atom is -0.354 e. The summed E-state index contributed by atoms with van der Waals surface area (Å²) < 4.78 is 28.5. The molecule has 0 radical (unpaired) electrons. The Balaban J connectivity index is 1.69. The van der Waals surface area contributed by atoms with Crippen molar-refractivity contribution in [2.24, 2.45) is 0 Å². The highest BCUT2D eigenvalue weighted by molar-refractivity contribution is 9.10. The van der Waals surface area contributed by atoms with Gasteiger partial charge in [0.1, 0.15) is 6.33 Å². The number of carbonyl (C=O) groups excluding carboxylic acids is 1. The molecular formula is C20H22BrN5O3S2. The van der Waals surface area contributed by atoms with Crippen LogP contribution in [0.3, 0.4) is 0 Å². The molecule has 11 heteroatoms. The van der Waals surface area contributed by atoms with Crippen molar-refractivity contribution in [2.45, 2.75) is 23.5 Å². The van der Waals surface area contributed by atoms with E-state index in [2.05, 4.69) is 36.4 Å². The molecular weight excluding hydrogens is 502 g/mol. The summed E-state index contributed by atoms with van der Waals surface area (Å²) in [5.74, 6) is 0.212. The number of thioether (sulfide) groups is 1. The first-order valence-corrected chi connectivity index (χ1v) is 12.6. The topological polar surface area (TPSA) is 108 Å². The maximum atomic E-state index is 13.2. The van der Waals surface area contributed by atoms with Crippen LogP contribution in [0.25, 0.3) is 0 Å². The number of rotatable bonds is 10. The number of hydrogen-bond acceptors (Lipinski definition) is 6. The molecule has 0 atom stereocenters. The van der Waals surface area contributed by atoms with Crippen LogP contribution in [0, 0.1) is 6.92 Å². The zero-order chi connectivity index (χ0) is 22.3. The molecule has 0 fully saturated rings. The fourth-order valence-electron chi connectivity index (χ4n) is 2.70. The van der Waals surface area contributed by atoms with Crippen molar-refractivity contribution in [3.05, 3.63) is 70.5 Å². The van der Waals surface area contributed by atoms with Gasteiger partial charge in [0.25, 0.3) is 0 Å². The first kappa shape index (κ1) is 23.5. The number of nitrogens with one attached hydrogen (secondary N) is 2. The highest BCUT2D eigenvalue weighted by Crippen LogP contribution is 2.21. The Hall–Kier alpha value is -2.21. The van der Waals surface area contributed by atoms with Crippen molar-refractivity contribution < 1.29 is 13.2 Å². The lowest BCUT2D eigenvalue weighted by molar-refractivity contribution is -0.121. The average Bonchev–Trinajstić information content (AvgIpc) is 3.26. The summed E-state index contributed by atoms with van der Waals surface area (Å²) >= 11 is 4.73. The molecule has 0 saturated carbocycles. The number of halogens is 1. The van der Waals surface area contributed by atoms with Crippen LogP contribution in [0.15, 0.2) is 69.4 Å². The third-order valence-electron chi connectivity index (χ3n) is 4.31. The van der Waals surface area contributed by atoms with Gasteiger partial charge < -0.3 is 5.32 Å². The molecule has 3 aromatic rings. The molecule has 0 spiro atoms. The quantitative estimate of drug-likeness (QED) is 0.312. The third-order valence-corrected chi connectivity index (χ3v) is 7.52. The molecule has 0 saturated heterocycles. The molecule has 3 rings (SSSR count). The Morgan fingerprint density at radius 3 is 2.52 bits per heavy atom. The summed E-state index contributed by atoms with van der Waals surface area (Å²) in [5, 5.41) is 9.92. The SMILES string of the molecule is Cc1ccc(CN(CC(=O)NCCSc2ncn[nH]2)S(=O)(=O)c2ccc(Br)cc2)cc1. The molecule has 31 heavy (non-hydrogen) atoms. The van der Waals surface area contributed by atoms with E-state index in [4.69, 9.17) is 0 Å². The van der Waals surface area contributed by atoms with Crippen molar-refractivity contribution in [3.8, 4) is 0 Å². The second-order valence-electron chi connectivity index (χ2n) is 6.70. The summed E-state index contributed by atoms with van der Waals surface area (Å²) in [6.45, 7) is 2.16. The van der Waals surface area contributed by atoms with Crippen LogP contribution in [-0.4, -0.2) is 52.7 Å². The Morgan fingerprint density at radius 2 is 1.87 bits per heavy atom. The largest absolute Gasteiger partial charge is 0.354 e. The van der Waals surface area contributed by atoms with Gasteiger partial charge in [0.2, 0.25) is 15.9 Å². The molecule has 2 aromatic carbocycles. The zero-order valence-corrected chi connectivity index (χ0v) is 20.0. The Labute approximate surface area is 194 Å². The van der Waals surface area contributed by atoms with Crippen molar-refractivity contribution >= 4 is 43.6 Å². The van der Waals surface area contributed by atoms with Crippen molar-refractivity contribution in [2.75, 3.05) is 18.8 Å². The predicted molar refractivity (Wildman–Crippen MR) is 123 cm³/mol. The maximum absolute atomic E-state index is 13.2. The van der Waals surface area contributed by atoms with Crippen LogP contribution in [0.2, 0.25) is 0 Å². The third kappa shape index (κ3) is 6.89. The van der Waals surface area contributed by atoms with Crippen LogP contribution in [0.4, 0.5) is 0 Å². The second kappa shape index (κ2) is 10.9. The van der Waals surface area contributed by atoms with Crippen molar-refractivity contribution in [3.63, 3.8) is 0 Å². The Kier molecular flexibility index (Phi) is 8.24. The Morgan fingerprint density at radius 1 is 1.16 bits per heavy atom. The highest BCUT2D eigenvalue weighted by Gasteiger charge is 2.27. The number of carbonyl (C=O) groups is 1. The number of aromatic amines is 1. The zero-order valence-electron chi connectivity index (χ0n) is 16.8. The van der Waals surface area contributed by atoms with Crippen LogP contribution >= 0.6 is 27.7 Å². The normalized spacial score (nSPS) is 11.6. The van der Waals surface area contributed by atoms with Gasteiger partial charge in [-0.3, -0.25) is 9.89 Å². The number of hydrogen-bond donors (Lipinski definition) is 2. The Bertz CT molecular complexity index is 1090. The van der Waals surface area contributed by atoms with Gasteiger partial charge in [-0.25, -0.2) is 13.4 Å². The van der Waals surface area contributed by atoms with E-state index in [9.17, 15) is 13.2 Å². The standard InChI is InChI=1S/C20H22BrN5O3S2/c1-15-2-4-16(5-3-15)12-26(31(28,29)18-8-6-17(21)7-9-18)13-19(27)22-10-11-30-20-23-14-24-25-20/h2-9,14H,10-13H2,1H3,(H,22,27)(H,23,24,25). The molecule has 8 nitrogen and oxygen atoms in total. The summed E-state index contributed by atoms with van der Waals surface area (Å²) in [5.41, 5.74) is 1.88. The number of sulfonamides is 1. The lowest BCUT2D eigenvalue weighted by Crippen LogP contribution is -2.40. The number of amides is 1. The van der Waals surface area contributed by atoms with E-state index in [1.165, 1.54) is 34.5 Å². The molecule has 0 aliphatic heterocycles. The molecule has 0 bridgehead atoms. The van der Waals surface area contributed by atoms with E-state index >= 15 is 0 Å². The van der Waals surface area contributed by atoms with Gasteiger partial charge in [0.05, 0.1) is 11.4 Å². The van der Waals surface area contributed by atoms with Crippen molar-refractivity contribution in [1.29, 1.82) is 0 Å². The molecule has 0 aliphatic carbocycles. The predicted octanol–water partition coefficient (Wildman–Crippen LogP) is 2.98. The average molecular weight is 524 g/mol. The van der Waals surface area contributed by atoms with Gasteiger partial charge >= 0.3 is 0 Å². The lowest BCUT2D eigenvalue weighted by atomic mass is 10.1. The summed E-state index contributed by atoms with van der Waals surface area (Å²) in [6, 6.07) is 13.9. The second-order valence-corrected chi connectivity index (χ2v) is 10.6. The minimum atomic E-state index is -3.86. The summed E-state index contributed by atoms with van der Waals surface area (Å²) in [4.78, 5) is 16.7. The van der Waals surface area contributed by atoms with E-state index in [-0.39, 0.29) is 23.9 Å². The van der Waals surface area contributed by atoms with E-state index in [0.717, 1.165) is 15.6 Å². The van der Waals surface area contributed by atoms with E-state index in [0.29, 0.717) is 17.5 Å². The summed E-state index contributed by atoms with van der Waals surface area (Å²) in [7, 11) is -3.86. The van der Waals surface area contributed by atoms with Crippen LogP contribution < -0.4 is 5.32 Å². The van der Waals surface area contributed by atoms with Crippen LogP contribution in [0.1, 0.15) is 11.1 Å². The highest BCUT2D eigenvalue weighted by atomic mass is 79.9. The van der Waals surface area contributed by atoms with Gasteiger partial charge in [-0.05, 0) is 36.8 Å². The van der Waals surface area contributed by atoms with Crippen LogP contribution in [0.5, 0.6) is 0 Å². The van der Waals surface area contributed by atoms with Crippen molar-refractivity contribution in [1.82, 2.24) is 24.8 Å². The molecule has 1 heterocycles. The first-order valence-electron chi connectivity index (χ1n) is 9.41. The number of H-pyrrole nitrogens is 1. The van der Waals surface area contributed by atoms with Gasteiger partial charge in [0.15, 0.2) is 5.16 Å². The number of aryl methyl sites for hydroxylation is 1.